The van der Waals surface area contributed by atoms with E-state index in [1.807, 2.05) is 62.2 Å². The zero-order valence-electron chi connectivity index (χ0n) is 19.7. The number of carbonyl (C=O) groups excluding carboxylic acids is 1. The van der Waals surface area contributed by atoms with Crippen molar-refractivity contribution in [3.8, 4) is 11.1 Å². The first-order valence-corrected chi connectivity index (χ1v) is 11.7. The van der Waals surface area contributed by atoms with Gasteiger partial charge in [0.05, 0.1) is 11.6 Å². The Bertz CT molecular complexity index is 1100. The van der Waals surface area contributed by atoms with E-state index < -0.39 is 5.41 Å². The Kier molecular flexibility index (Phi) is 6.94. The van der Waals surface area contributed by atoms with Crippen LogP contribution in [0, 0.1) is 11.2 Å². The van der Waals surface area contributed by atoms with Gasteiger partial charge >= 0.3 is 0 Å². The maximum Gasteiger partial charge on any atom is 0.226 e. The van der Waals surface area contributed by atoms with Gasteiger partial charge in [0, 0.05) is 31.4 Å². The van der Waals surface area contributed by atoms with E-state index in [4.69, 9.17) is 0 Å². The molecular weight excluding hydrogens is 415 g/mol. The minimum atomic E-state index is -0.487. The molecule has 0 radical (unpaired) electrons. The number of hydrogen-bond donors (Lipinski definition) is 1. The van der Waals surface area contributed by atoms with E-state index in [2.05, 4.69) is 21.4 Å². The van der Waals surface area contributed by atoms with E-state index in [0.29, 0.717) is 6.42 Å². The Morgan fingerprint density at radius 1 is 1.15 bits per heavy atom. The van der Waals surface area contributed by atoms with Gasteiger partial charge < -0.3 is 5.32 Å². The summed E-state index contributed by atoms with van der Waals surface area (Å²) in [5.74, 6) is -0.133. The number of amides is 1. The highest BCUT2D eigenvalue weighted by atomic mass is 19.1. The van der Waals surface area contributed by atoms with E-state index in [1.54, 1.807) is 12.1 Å². The molecule has 1 aromatic heterocycles. The molecule has 1 aliphatic rings. The van der Waals surface area contributed by atoms with E-state index >= 15 is 0 Å². The molecule has 1 amide bonds. The van der Waals surface area contributed by atoms with Gasteiger partial charge in [0.1, 0.15) is 5.82 Å². The topological polar surface area (TPSA) is 50.2 Å². The lowest BCUT2D eigenvalue weighted by Crippen LogP contribution is -2.51. The first-order chi connectivity index (χ1) is 15.8. The monoisotopic (exact) mass is 448 g/mol. The molecule has 5 nitrogen and oxygen atoms in total. The highest BCUT2D eigenvalue weighted by Crippen LogP contribution is 2.39. The Hall–Kier alpha value is -2.99. The zero-order valence-corrected chi connectivity index (χ0v) is 19.7. The number of hydrogen-bond acceptors (Lipinski definition) is 3. The van der Waals surface area contributed by atoms with Gasteiger partial charge in [-0.15, -0.1) is 0 Å². The Balaban J connectivity index is 1.58. The van der Waals surface area contributed by atoms with Gasteiger partial charge in [-0.05, 0) is 75.0 Å². The van der Waals surface area contributed by atoms with Crippen molar-refractivity contribution in [1.29, 1.82) is 0 Å². The number of piperidine rings is 1. The van der Waals surface area contributed by atoms with E-state index in [9.17, 15) is 9.18 Å². The van der Waals surface area contributed by atoms with Crippen LogP contribution in [0.15, 0.2) is 60.9 Å². The molecule has 33 heavy (non-hydrogen) atoms. The molecule has 1 N–H and O–H groups in total. The van der Waals surface area contributed by atoms with E-state index in [0.717, 1.165) is 49.2 Å². The Morgan fingerprint density at radius 2 is 1.91 bits per heavy atom. The number of benzene rings is 2. The zero-order chi connectivity index (χ0) is 23.4. The van der Waals surface area contributed by atoms with Crippen molar-refractivity contribution in [2.75, 3.05) is 13.1 Å². The minimum absolute atomic E-state index is 0.0845. The molecule has 0 spiro atoms. The number of nitrogens with one attached hydrogen (secondary N) is 1. The van der Waals surface area contributed by atoms with Crippen molar-refractivity contribution in [3.05, 3.63) is 77.9 Å². The summed E-state index contributed by atoms with van der Waals surface area (Å²) >= 11 is 0. The molecular formula is C27H33FN4O. The second kappa shape index (κ2) is 9.87. The molecule has 2 heterocycles. The number of aromatic nitrogens is 2. The van der Waals surface area contributed by atoms with E-state index in [1.165, 1.54) is 11.6 Å². The number of rotatable bonds is 7. The van der Waals surface area contributed by atoms with Crippen LogP contribution in [0.3, 0.4) is 0 Å². The standard InChI is InChI=1S/C27H33FN4O/c1-20(2)30-26(33)27(11-13-32(14-12-27)19-21-17-29-31(3)18-21)16-23-7-4-5-10-25(23)22-8-6-9-24(28)15-22/h4-10,15,17-18,20H,11-14,16,19H2,1-3H3,(H,30,33). The molecule has 6 heteroatoms. The fraction of sp³-hybridized carbons (Fsp3) is 0.407. The summed E-state index contributed by atoms with van der Waals surface area (Å²) in [5, 5.41) is 7.45. The van der Waals surface area contributed by atoms with Crippen molar-refractivity contribution in [1.82, 2.24) is 20.0 Å². The first kappa shape index (κ1) is 23.2. The molecule has 174 valence electrons. The van der Waals surface area contributed by atoms with Crippen LogP contribution >= 0.6 is 0 Å². The fourth-order valence-corrected chi connectivity index (χ4v) is 4.83. The number of aryl methyl sites for hydroxylation is 1. The van der Waals surface area contributed by atoms with Crippen LogP contribution in [0.1, 0.15) is 37.8 Å². The van der Waals surface area contributed by atoms with Crippen molar-refractivity contribution in [3.63, 3.8) is 0 Å². The molecule has 4 rings (SSSR count). The summed E-state index contributed by atoms with van der Waals surface area (Å²) in [6, 6.07) is 14.9. The van der Waals surface area contributed by atoms with Crippen molar-refractivity contribution in [2.24, 2.45) is 12.5 Å². The SMILES string of the molecule is CC(C)NC(=O)C1(Cc2ccccc2-c2cccc(F)c2)CCN(Cc2cnn(C)c2)CC1. The predicted octanol–water partition coefficient (Wildman–Crippen LogP) is 4.58. The maximum absolute atomic E-state index is 13.9. The molecule has 3 aromatic rings. The smallest absolute Gasteiger partial charge is 0.226 e. The average Bonchev–Trinajstić information content (AvgIpc) is 3.19. The van der Waals surface area contributed by atoms with Gasteiger partial charge in [0.2, 0.25) is 5.91 Å². The van der Waals surface area contributed by atoms with Crippen LogP contribution in [0.2, 0.25) is 0 Å². The third kappa shape index (κ3) is 5.50. The van der Waals surface area contributed by atoms with Crippen LogP contribution in [-0.4, -0.2) is 39.7 Å². The van der Waals surface area contributed by atoms with E-state index in [-0.39, 0.29) is 17.8 Å². The number of carbonyl (C=O) groups is 1. The summed E-state index contributed by atoms with van der Waals surface area (Å²) < 4.78 is 15.8. The Labute approximate surface area is 195 Å². The summed E-state index contributed by atoms with van der Waals surface area (Å²) in [7, 11) is 1.93. The normalized spacial score (nSPS) is 16.2. The predicted molar refractivity (Wildman–Crippen MR) is 129 cm³/mol. The third-order valence-corrected chi connectivity index (χ3v) is 6.56. The van der Waals surface area contributed by atoms with Crippen LogP contribution in [0.25, 0.3) is 11.1 Å². The molecule has 0 aliphatic carbocycles. The van der Waals surface area contributed by atoms with Crippen molar-refractivity contribution < 1.29 is 9.18 Å². The lowest BCUT2D eigenvalue weighted by Gasteiger charge is -2.41. The molecule has 1 saturated heterocycles. The first-order valence-electron chi connectivity index (χ1n) is 11.7. The van der Waals surface area contributed by atoms with Gasteiger partial charge in [0.25, 0.3) is 0 Å². The third-order valence-electron chi connectivity index (χ3n) is 6.56. The summed E-state index contributed by atoms with van der Waals surface area (Å²) in [6.45, 7) is 6.55. The highest BCUT2D eigenvalue weighted by Gasteiger charge is 2.42. The van der Waals surface area contributed by atoms with Crippen LogP contribution in [0.5, 0.6) is 0 Å². The number of likely N-dealkylation sites (tertiary alicyclic amines) is 1. The van der Waals surface area contributed by atoms with Gasteiger partial charge in [-0.3, -0.25) is 14.4 Å². The molecule has 0 saturated carbocycles. The lowest BCUT2D eigenvalue weighted by molar-refractivity contribution is -0.134. The highest BCUT2D eigenvalue weighted by molar-refractivity contribution is 5.84. The van der Waals surface area contributed by atoms with Gasteiger partial charge in [-0.25, -0.2) is 4.39 Å². The van der Waals surface area contributed by atoms with Gasteiger partial charge in [-0.2, -0.15) is 5.10 Å². The lowest BCUT2D eigenvalue weighted by atomic mass is 9.71. The summed E-state index contributed by atoms with van der Waals surface area (Å²) in [4.78, 5) is 15.9. The molecule has 2 aromatic carbocycles. The number of halogens is 1. The molecule has 0 atom stereocenters. The minimum Gasteiger partial charge on any atom is -0.353 e. The average molecular weight is 449 g/mol. The van der Waals surface area contributed by atoms with Crippen LogP contribution < -0.4 is 5.32 Å². The summed E-state index contributed by atoms with van der Waals surface area (Å²) in [5.41, 5.74) is 3.63. The summed E-state index contributed by atoms with van der Waals surface area (Å²) in [6.07, 6.45) is 6.15. The van der Waals surface area contributed by atoms with Crippen molar-refractivity contribution in [2.45, 2.75) is 45.7 Å². The van der Waals surface area contributed by atoms with Crippen LogP contribution in [0.4, 0.5) is 4.39 Å². The fourth-order valence-electron chi connectivity index (χ4n) is 4.83. The van der Waals surface area contributed by atoms with Gasteiger partial charge in [0.15, 0.2) is 0 Å². The second-order valence-corrected chi connectivity index (χ2v) is 9.55. The number of nitrogens with zero attached hydrogens (tertiary/aromatic N) is 3. The molecule has 1 aliphatic heterocycles. The molecule has 1 fully saturated rings. The van der Waals surface area contributed by atoms with Crippen molar-refractivity contribution >= 4 is 5.91 Å². The van der Waals surface area contributed by atoms with Gasteiger partial charge in [-0.1, -0.05) is 36.4 Å². The molecule has 0 bridgehead atoms. The van der Waals surface area contributed by atoms with Crippen LogP contribution in [-0.2, 0) is 24.8 Å². The maximum atomic E-state index is 13.9. The quantitative estimate of drug-likeness (QED) is 0.576. The Morgan fingerprint density at radius 3 is 2.58 bits per heavy atom. The largest absolute Gasteiger partial charge is 0.353 e. The molecule has 0 unspecified atom stereocenters. The second-order valence-electron chi connectivity index (χ2n) is 9.55.